The summed E-state index contributed by atoms with van der Waals surface area (Å²) < 4.78 is 0. The molecule has 1 saturated carbocycles. The lowest BCUT2D eigenvalue weighted by Gasteiger charge is -2.23. The molecule has 0 aromatic rings. The first-order chi connectivity index (χ1) is 7.24. The SMILES string of the molecule is CCCNCCN(C)CC1CCCC1C. The molecule has 2 atom stereocenters. The molecule has 0 amide bonds. The number of hydrogen-bond acceptors (Lipinski definition) is 2. The number of nitrogens with one attached hydrogen (secondary N) is 1. The fourth-order valence-electron chi connectivity index (χ4n) is 2.56. The number of rotatable bonds is 7. The van der Waals surface area contributed by atoms with Gasteiger partial charge in [0.1, 0.15) is 0 Å². The van der Waals surface area contributed by atoms with Crippen LogP contribution in [-0.2, 0) is 0 Å². The fourth-order valence-corrected chi connectivity index (χ4v) is 2.56. The molecule has 0 aromatic carbocycles. The Kier molecular flexibility index (Phi) is 6.26. The van der Waals surface area contributed by atoms with Gasteiger partial charge in [-0.05, 0) is 38.3 Å². The Bertz CT molecular complexity index is 159. The summed E-state index contributed by atoms with van der Waals surface area (Å²) in [6.45, 7) is 9.44. The quantitative estimate of drug-likeness (QED) is 0.652. The van der Waals surface area contributed by atoms with Crippen molar-refractivity contribution in [1.82, 2.24) is 10.2 Å². The Balaban J connectivity index is 2.04. The van der Waals surface area contributed by atoms with E-state index in [-0.39, 0.29) is 0 Å². The van der Waals surface area contributed by atoms with E-state index in [1.807, 2.05) is 0 Å². The molecule has 15 heavy (non-hydrogen) atoms. The van der Waals surface area contributed by atoms with E-state index in [2.05, 4.69) is 31.1 Å². The van der Waals surface area contributed by atoms with Crippen LogP contribution in [0.5, 0.6) is 0 Å². The average Bonchev–Trinajstić information content (AvgIpc) is 2.59. The van der Waals surface area contributed by atoms with Crippen LogP contribution in [0.1, 0.15) is 39.5 Å². The van der Waals surface area contributed by atoms with Crippen molar-refractivity contribution >= 4 is 0 Å². The molecule has 1 aliphatic carbocycles. The molecule has 1 N–H and O–H groups in total. The Morgan fingerprint density at radius 1 is 1.27 bits per heavy atom. The first kappa shape index (κ1) is 13.0. The molecule has 90 valence electrons. The van der Waals surface area contributed by atoms with Gasteiger partial charge in [-0.3, -0.25) is 0 Å². The van der Waals surface area contributed by atoms with Gasteiger partial charge in [0.25, 0.3) is 0 Å². The molecule has 1 fully saturated rings. The number of nitrogens with zero attached hydrogens (tertiary/aromatic N) is 1. The molecule has 1 rings (SSSR count). The minimum absolute atomic E-state index is 0.955. The van der Waals surface area contributed by atoms with Crippen molar-refractivity contribution in [2.24, 2.45) is 11.8 Å². The highest BCUT2D eigenvalue weighted by Crippen LogP contribution is 2.31. The van der Waals surface area contributed by atoms with Gasteiger partial charge in [0.2, 0.25) is 0 Å². The van der Waals surface area contributed by atoms with E-state index < -0.39 is 0 Å². The monoisotopic (exact) mass is 212 g/mol. The zero-order chi connectivity index (χ0) is 11.1. The molecule has 0 heterocycles. The third kappa shape index (κ3) is 4.98. The second-order valence-electron chi connectivity index (χ2n) is 5.18. The first-order valence-corrected chi connectivity index (χ1v) is 6.63. The Hall–Kier alpha value is -0.0800. The van der Waals surface area contributed by atoms with E-state index in [9.17, 15) is 0 Å². The fraction of sp³-hybridized carbons (Fsp3) is 1.00. The van der Waals surface area contributed by atoms with Crippen molar-refractivity contribution in [3.63, 3.8) is 0 Å². The summed E-state index contributed by atoms with van der Waals surface area (Å²) in [6, 6.07) is 0. The van der Waals surface area contributed by atoms with E-state index in [4.69, 9.17) is 0 Å². The van der Waals surface area contributed by atoms with Crippen LogP contribution in [-0.4, -0.2) is 38.1 Å². The van der Waals surface area contributed by atoms with Crippen molar-refractivity contribution in [2.75, 3.05) is 33.2 Å². The van der Waals surface area contributed by atoms with E-state index in [0.29, 0.717) is 0 Å². The predicted molar refractivity (Wildman–Crippen MR) is 67.2 cm³/mol. The summed E-state index contributed by atoms with van der Waals surface area (Å²) in [5.41, 5.74) is 0. The smallest absolute Gasteiger partial charge is 0.0104 e. The Labute approximate surface area is 95.4 Å². The van der Waals surface area contributed by atoms with Gasteiger partial charge in [-0.2, -0.15) is 0 Å². The maximum absolute atomic E-state index is 3.46. The van der Waals surface area contributed by atoms with Gasteiger partial charge in [-0.15, -0.1) is 0 Å². The maximum atomic E-state index is 3.46. The molecule has 0 bridgehead atoms. The largest absolute Gasteiger partial charge is 0.315 e. The van der Waals surface area contributed by atoms with Gasteiger partial charge < -0.3 is 10.2 Å². The maximum Gasteiger partial charge on any atom is 0.0104 e. The van der Waals surface area contributed by atoms with Crippen molar-refractivity contribution in [1.29, 1.82) is 0 Å². The lowest BCUT2D eigenvalue weighted by Crippen LogP contribution is -2.33. The van der Waals surface area contributed by atoms with Gasteiger partial charge >= 0.3 is 0 Å². The van der Waals surface area contributed by atoms with Crippen LogP contribution < -0.4 is 5.32 Å². The molecule has 2 heteroatoms. The Morgan fingerprint density at radius 3 is 2.67 bits per heavy atom. The predicted octanol–water partition coefficient (Wildman–Crippen LogP) is 2.35. The lowest BCUT2D eigenvalue weighted by molar-refractivity contribution is 0.248. The topological polar surface area (TPSA) is 15.3 Å². The summed E-state index contributed by atoms with van der Waals surface area (Å²) in [5.74, 6) is 1.91. The summed E-state index contributed by atoms with van der Waals surface area (Å²) in [5, 5.41) is 3.46. The highest BCUT2D eigenvalue weighted by molar-refractivity contribution is 4.76. The van der Waals surface area contributed by atoms with Gasteiger partial charge in [0.05, 0.1) is 0 Å². The second kappa shape index (κ2) is 7.24. The number of likely N-dealkylation sites (N-methyl/N-ethyl adjacent to an activating group) is 1. The minimum Gasteiger partial charge on any atom is -0.315 e. The second-order valence-corrected chi connectivity index (χ2v) is 5.18. The Morgan fingerprint density at radius 2 is 2.07 bits per heavy atom. The molecule has 0 spiro atoms. The van der Waals surface area contributed by atoms with Gasteiger partial charge in [0, 0.05) is 19.6 Å². The summed E-state index contributed by atoms with van der Waals surface area (Å²) in [4.78, 5) is 2.50. The molecular formula is C13H28N2. The van der Waals surface area contributed by atoms with Crippen LogP contribution in [0, 0.1) is 11.8 Å². The van der Waals surface area contributed by atoms with E-state index >= 15 is 0 Å². The molecule has 1 aliphatic rings. The molecule has 0 saturated heterocycles. The van der Waals surface area contributed by atoms with Gasteiger partial charge in [-0.25, -0.2) is 0 Å². The van der Waals surface area contributed by atoms with E-state index in [1.54, 1.807) is 0 Å². The average molecular weight is 212 g/mol. The third-order valence-electron chi connectivity index (χ3n) is 3.68. The molecule has 0 aromatic heterocycles. The van der Waals surface area contributed by atoms with Crippen molar-refractivity contribution in [3.8, 4) is 0 Å². The van der Waals surface area contributed by atoms with Crippen molar-refractivity contribution in [3.05, 3.63) is 0 Å². The summed E-state index contributed by atoms with van der Waals surface area (Å²) in [6.07, 6.45) is 5.59. The third-order valence-corrected chi connectivity index (χ3v) is 3.68. The zero-order valence-corrected chi connectivity index (χ0v) is 10.8. The van der Waals surface area contributed by atoms with E-state index in [0.717, 1.165) is 24.9 Å². The van der Waals surface area contributed by atoms with Crippen molar-refractivity contribution < 1.29 is 0 Å². The molecule has 0 radical (unpaired) electrons. The highest BCUT2D eigenvalue weighted by Gasteiger charge is 2.23. The highest BCUT2D eigenvalue weighted by atomic mass is 15.1. The van der Waals surface area contributed by atoms with E-state index in [1.165, 1.54) is 38.8 Å². The van der Waals surface area contributed by atoms with Crippen LogP contribution >= 0.6 is 0 Å². The lowest BCUT2D eigenvalue weighted by atomic mass is 9.98. The summed E-state index contributed by atoms with van der Waals surface area (Å²) >= 11 is 0. The minimum atomic E-state index is 0.955. The van der Waals surface area contributed by atoms with Crippen LogP contribution in [0.15, 0.2) is 0 Å². The zero-order valence-electron chi connectivity index (χ0n) is 10.8. The van der Waals surface area contributed by atoms with Crippen LogP contribution in [0.3, 0.4) is 0 Å². The molecular weight excluding hydrogens is 184 g/mol. The molecule has 0 aliphatic heterocycles. The van der Waals surface area contributed by atoms with Crippen LogP contribution in [0.25, 0.3) is 0 Å². The van der Waals surface area contributed by atoms with Crippen LogP contribution in [0.2, 0.25) is 0 Å². The summed E-state index contributed by atoms with van der Waals surface area (Å²) in [7, 11) is 2.26. The molecule has 2 unspecified atom stereocenters. The van der Waals surface area contributed by atoms with Gasteiger partial charge in [-0.1, -0.05) is 26.7 Å². The number of hydrogen-bond donors (Lipinski definition) is 1. The van der Waals surface area contributed by atoms with Crippen LogP contribution in [0.4, 0.5) is 0 Å². The van der Waals surface area contributed by atoms with Crippen molar-refractivity contribution in [2.45, 2.75) is 39.5 Å². The van der Waals surface area contributed by atoms with Gasteiger partial charge in [0.15, 0.2) is 0 Å². The standard InChI is InChI=1S/C13H28N2/c1-4-8-14-9-10-15(3)11-13-7-5-6-12(13)2/h12-14H,4-11H2,1-3H3. The first-order valence-electron chi connectivity index (χ1n) is 6.63. The normalized spacial score (nSPS) is 26.4. The molecule has 2 nitrogen and oxygen atoms in total.